The lowest BCUT2D eigenvalue weighted by Crippen LogP contribution is -2.51. The summed E-state index contributed by atoms with van der Waals surface area (Å²) in [4.78, 5) is 6.98. The van der Waals surface area contributed by atoms with E-state index < -0.39 is 9.84 Å². The Morgan fingerprint density at radius 2 is 2.22 bits per heavy atom. The molecule has 1 atom stereocenters. The van der Waals surface area contributed by atoms with Gasteiger partial charge >= 0.3 is 0 Å². The second-order valence-corrected chi connectivity index (χ2v) is 11.3. The molecule has 2 rings (SSSR count). The molecule has 2 aliphatic rings. The summed E-state index contributed by atoms with van der Waals surface area (Å²) in [5, 5.41) is 3.42. The van der Waals surface area contributed by atoms with Crippen LogP contribution in [0, 0.1) is 5.92 Å². The molecule has 0 spiro atoms. The summed E-state index contributed by atoms with van der Waals surface area (Å²) in [5.41, 5.74) is 1.03. The smallest absolute Gasteiger partial charge is 0.194 e. The Bertz CT molecular complexity index is 570. The molecular formula is C16H29N3O2S2. The summed E-state index contributed by atoms with van der Waals surface area (Å²) in [6.07, 6.45) is 0.754. The van der Waals surface area contributed by atoms with E-state index in [0.29, 0.717) is 24.6 Å². The number of nitrogens with zero attached hydrogens (tertiary/aromatic N) is 2. The van der Waals surface area contributed by atoms with Gasteiger partial charge in [-0.05, 0) is 33.1 Å². The summed E-state index contributed by atoms with van der Waals surface area (Å²) in [6.45, 7) is 13.6. The van der Waals surface area contributed by atoms with Gasteiger partial charge in [0.15, 0.2) is 15.8 Å². The second kappa shape index (κ2) is 7.47. The zero-order chi connectivity index (χ0) is 17.1. The highest BCUT2D eigenvalue weighted by Crippen LogP contribution is 2.29. The molecule has 0 aromatic carbocycles. The van der Waals surface area contributed by atoms with E-state index in [1.54, 1.807) is 0 Å². The molecule has 132 valence electrons. The van der Waals surface area contributed by atoms with E-state index in [9.17, 15) is 8.42 Å². The first-order chi connectivity index (χ1) is 10.7. The second-order valence-electron chi connectivity index (χ2n) is 7.28. The molecule has 5 nitrogen and oxygen atoms in total. The van der Waals surface area contributed by atoms with Crippen molar-refractivity contribution >= 4 is 27.6 Å². The fourth-order valence-electron chi connectivity index (χ4n) is 2.94. The zero-order valence-electron chi connectivity index (χ0n) is 14.5. The summed E-state index contributed by atoms with van der Waals surface area (Å²) in [5.74, 6) is 2.80. The summed E-state index contributed by atoms with van der Waals surface area (Å²) >= 11 is 1.99. The molecule has 0 amide bonds. The van der Waals surface area contributed by atoms with E-state index >= 15 is 0 Å². The minimum atomic E-state index is -2.82. The molecule has 2 saturated heterocycles. The lowest BCUT2D eigenvalue weighted by Gasteiger charge is -2.39. The third kappa shape index (κ3) is 6.03. The number of aliphatic imine (C=N–C) groups is 1. The molecule has 1 unspecified atom stereocenters. The lowest BCUT2D eigenvalue weighted by atomic mass is 10.1. The maximum absolute atomic E-state index is 11.6. The van der Waals surface area contributed by atoms with E-state index in [1.807, 2.05) is 18.7 Å². The molecule has 0 radical (unpaired) electrons. The molecule has 0 aliphatic carbocycles. The maximum atomic E-state index is 11.6. The minimum Gasteiger partial charge on any atom is -0.356 e. The predicted molar refractivity (Wildman–Crippen MR) is 100.0 cm³/mol. The van der Waals surface area contributed by atoms with Crippen LogP contribution in [0.4, 0.5) is 0 Å². The normalized spacial score (nSPS) is 27.0. The highest BCUT2D eigenvalue weighted by atomic mass is 32.2. The molecule has 2 heterocycles. The largest absolute Gasteiger partial charge is 0.356 e. The summed E-state index contributed by atoms with van der Waals surface area (Å²) < 4.78 is 23.4. The molecule has 0 saturated carbocycles. The number of thioether (sulfide) groups is 1. The Labute approximate surface area is 144 Å². The summed E-state index contributed by atoms with van der Waals surface area (Å²) in [7, 11) is -2.82. The van der Waals surface area contributed by atoms with Gasteiger partial charge in [0, 0.05) is 30.1 Å². The third-order valence-electron chi connectivity index (χ3n) is 4.10. The molecule has 7 heteroatoms. The van der Waals surface area contributed by atoms with Crippen LogP contribution in [0.3, 0.4) is 0 Å². The molecular weight excluding hydrogens is 330 g/mol. The third-order valence-corrected chi connectivity index (χ3v) is 7.23. The topological polar surface area (TPSA) is 61.8 Å². The highest BCUT2D eigenvalue weighted by Gasteiger charge is 2.31. The van der Waals surface area contributed by atoms with Crippen LogP contribution in [0.15, 0.2) is 17.1 Å². The van der Waals surface area contributed by atoms with Crippen LogP contribution in [0.1, 0.15) is 27.2 Å². The zero-order valence-corrected chi connectivity index (χ0v) is 16.1. The fourth-order valence-corrected chi connectivity index (χ4v) is 5.92. The number of guanidine groups is 1. The number of nitrogens with one attached hydrogen (secondary N) is 1. The Balaban J connectivity index is 2.00. The van der Waals surface area contributed by atoms with Crippen LogP contribution >= 0.6 is 11.8 Å². The molecule has 0 bridgehead atoms. The maximum Gasteiger partial charge on any atom is 0.194 e. The van der Waals surface area contributed by atoms with Crippen molar-refractivity contribution in [1.82, 2.24) is 10.2 Å². The Morgan fingerprint density at radius 3 is 2.78 bits per heavy atom. The van der Waals surface area contributed by atoms with E-state index in [1.165, 1.54) is 0 Å². The monoisotopic (exact) mass is 359 g/mol. The van der Waals surface area contributed by atoms with Crippen LogP contribution < -0.4 is 5.32 Å². The highest BCUT2D eigenvalue weighted by molar-refractivity contribution is 8.00. The average molecular weight is 360 g/mol. The van der Waals surface area contributed by atoms with Gasteiger partial charge in [-0.2, -0.15) is 11.8 Å². The van der Waals surface area contributed by atoms with E-state index in [-0.39, 0.29) is 10.7 Å². The molecule has 0 aromatic heterocycles. The number of rotatable bonds is 4. The first kappa shape index (κ1) is 18.6. The predicted octanol–water partition coefficient (Wildman–Crippen LogP) is 1.77. The van der Waals surface area contributed by atoms with Crippen molar-refractivity contribution in [2.45, 2.75) is 31.9 Å². The van der Waals surface area contributed by atoms with Gasteiger partial charge < -0.3 is 10.2 Å². The molecule has 0 aromatic rings. The number of hydrogen-bond acceptors (Lipinski definition) is 4. The van der Waals surface area contributed by atoms with Gasteiger partial charge in [-0.15, -0.1) is 0 Å². The van der Waals surface area contributed by atoms with E-state index in [0.717, 1.165) is 36.8 Å². The molecule has 2 fully saturated rings. The van der Waals surface area contributed by atoms with Gasteiger partial charge in [0.2, 0.25) is 0 Å². The van der Waals surface area contributed by atoms with Gasteiger partial charge in [-0.25, -0.2) is 13.4 Å². The van der Waals surface area contributed by atoms with E-state index in [4.69, 9.17) is 0 Å². The lowest BCUT2D eigenvalue weighted by molar-refractivity contribution is 0.372. The van der Waals surface area contributed by atoms with Crippen molar-refractivity contribution in [1.29, 1.82) is 0 Å². The van der Waals surface area contributed by atoms with Gasteiger partial charge in [0.1, 0.15) is 0 Å². The van der Waals surface area contributed by atoms with Crippen LogP contribution in [0.2, 0.25) is 0 Å². The fraction of sp³-hybridized carbons (Fsp3) is 0.812. The first-order valence-corrected chi connectivity index (χ1v) is 11.0. The minimum absolute atomic E-state index is 0.196. The summed E-state index contributed by atoms with van der Waals surface area (Å²) in [6, 6.07) is 0. The van der Waals surface area contributed by atoms with Crippen LogP contribution in [0.5, 0.6) is 0 Å². The van der Waals surface area contributed by atoms with Gasteiger partial charge in [0.25, 0.3) is 0 Å². The van der Waals surface area contributed by atoms with Crippen LogP contribution in [-0.2, 0) is 9.84 Å². The van der Waals surface area contributed by atoms with Crippen molar-refractivity contribution in [3.05, 3.63) is 12.2 Å². The average Bonchev–Trinajstić information content (AvgIpc) is 2.77. The Hall–Kier alpha value is -0.690. The SMILES string of the molecule is C=C(C)CN=C(NCC1CCS(=O)(=O)C1)N1CCSC(C)(C)C1. The Morgan fingerprint density at radius 1 is 1.48 bits per heavy atom. The van der Waals surface area contributed by atoms with Gasteiger partial charge in [-0.3, -0.25) is 0 Å². The van der Waals surface area contributed by atoms with Crippen LogP contribution in [-0.4, -0.2) is 67.5 Å². The van der Waals surface area contributed by atoms with Gasteiger partial charge in [0.05, 0.1) is 18.1 Å². The number of sulfone groups is 1. The molecule has 23 heavy (non-hydrogen) atoms. The van der Waals surface area contributed by atoms with Crippen molar-refractivity contribution in [3.63, 3.8) is 0 Å². The Kier molecular flexibility index (Phi) is 6.05. The first-order valence-electron chi connectivity index (χ1n) is 8.19. The number of hydrogen-bond donors (Lipinski definition) is 1. The van der Waals surface area contributed by atoms with Gasteiger partial charge in [-0.1, -0.05) is 12.2 Å². The molecule has 1 N–H and O–H groups in total. The van der Waals surface area contributed by atoms with Crippen molar-refractivity contribution in [2.75, 3.05) is 43.4 Å². The van der Waals surface area contributed by atoms with Crippen molar-refractivity contribution < 1.29 is 8.42 Å². The van der Waals surface area contributed by atoms with Crippen molar-refractivity contribution in [3.8, 4) is 0 Å². The molecule has 2 aliphatic heterocycles. The quantitative estimate of drug-likeness (QED) is 0.471. The van der Waals surface area contributed by atoms with Crippen molar-refractivity contribution in [2.24, 2.45) is 10.9 Å². The van der Waals surface area contributed by atoms with E-state index in [2.05, 4.69) is 35.6 Å². The van der Waals surface area contributed by atoms with Crippen LogP contribution in [0.25, 0.3) is 0 Å². The standard InChI is InChI=1S/C16H29N3O2S2/c1-13(2)9-17-15(19-6-7-22-16(3,4)12-19)18-10-14-5-8-23(20,21)11-14/h14H,1,5-12H2,2-4H3,(H,17,18).